The van der Waals surface area contributed by atoms with Crippen molar-refractivity contribution in [2.24, 2.45) is 0 Å². The lowest BCUT2D eigenvalue weighted by Gasteiger charge is -2.40. The summed E-state index contributed by atoms with van der Waals surface area (Å²) in [6.45, 7) is 0. The Bertz CT molecular complexity index is 1000. The largest absolute Gasteiger partial charge is 0.399 e. The minimum Gasteiger partial charge on any atom is -0.399 e. The SMILES string of the molecule is Nc1ccc(C2(Cl)C=C(Cl)C=CC2OC2C=CC(Cl)=CC2(Cl)c2ccc(N)cc2)cc1. The number of allylic oxidation sites excluding steroid dienone is 4. The molecule has 0 aromatic heterocycles. The molecule has 3 nitrogen and oxygen atoms in total. The summed E-state index contributed by atoms with van der Waals surface area (Å²) >= 11 is 26.9. The molecule has 0 amide bonds. The van der Waals surface area contributed by atoms with Crippen molar-refractivity contribution in [1.82, 2.24) is 0 Å². The molecule has 31 heavy (non-hydrogen) atoms. The smallest absolute Gasteiger partial charge is 0.119 e. The van der Waals surface area contributed by atoms with E-state index >= 15 is 0 Å². The topological polar surface area (TPSA) is 61.3 Å². The van der Waals surface area contributed by atoms with Gasteiger partial charge in [0.2, 0.25) is 0 Å². The Morgan fingerprint density at radius 3 is 1.35 bits per heavy atom. The van der Waals surface area contributed by atoms with Crippen LogP contribution in [0.15, 0.2) is 95.1 Å². The number of halogens is 4. The van der Waals surface area contributed by atoms with E-state index in [2.05, 4.69) is 0 Å². The third-order valence-electron chi connectivity index (χ3n) is 5.38. The van der Waals surface area contributed by atoms with E-state index in [0.29, 0.717) is 21.4 Å². The Kier molecular flexibility index (Phi) is 6.17. The summed E-state index contributed by atoms with van der Waals surface area (Å²) < 4.78 is 6.52. The maximum Gasteiger partial charge on any atom is 0.119 e. The highest BCUT2D eigenvalue weighted by molar-refractivity contribution is 6.34. The van der Waals surface area contributed by atoms with E-state index in [4.69, 9.17) is 62.6 Å². The van der Waals surface area contributed by atoms with Gasteiger partial charge in [-0.2, -0.15) is 0 Å². The van der Waals surface area contributed by atoms with E-state index < -0.39 is 22.0 Å². The van der Waals surface area contributed by atoms with E-state index in [-0.39, 0.29) is 0 Å². The van der Waals surface area contributed by atoms with Gasteiger partial charge >= 0.3 is 0 Å². The van der Waals surface area contributed by atoms with Gasteiger partial charge in [-0.3, -0.25) is 0 Å². The van der Waals surface area contributed by atoms with Gasteiger partial charge < -0.3 is 16.2 Å². The molecule has 0 saturated carbocycles. The average Bonchev–Trinajstić information content (AvgIpc) is 2.72. The van der Waals surface area contributed by atoms with Crippen LogP contribution in [-0.4, -0.2) is 12.2 Å². The second-order valence-electron chi connectivity index (χ2n) is 7.53. The molecule has 7 heteroatoms. The number of anilines is 2. The van der Waals surface area contributed by atoms with Gasteiger partial charge in [0, 0.05) is 21.4 Å². The molecule has 4 atom stereocenters. The monoisotopic (exact) mass is 492 g/mol. The molecule has 2 aromatic rings. The van der Waals surface area contributed by atoms with Crippen LogP contribution in [0, 0.1) is 0 Å². The fourth-order valence-electron chi connectivity index (χ4n) is 3.72. The van der Waals surface area contributed by atoms with Crippen LogP contribution in [0.5, 0.6) is 0 Å². The molecule has 2 aromatic carbocycles. The zero-order chi connectivity index (χ0) is 22.2. The molecule has 160 valence electrons. The van der Waals surface area contributed by atoms with Crippen LogP contribution in [0.25, 0.3) is 0 Å². The molecule has 4 rings (SSSR count). The molecular formula is C24H20Cl4N2O. The number of benzene rings is 2. The first-order chi connectivity index (χ1) is 14.7. The fourth-order valence-corrected chi connectivity index (χ4v) is 5.06. The van der Waals surface area contributed by atoms with E-state index in [1.54, 1.807) is 48.6 Å². The van der Waals surface area contributed by atoms with Crippen LogP contribution < -0.4 is 11.5 Å². The highest BCUT2D eigenvalue weighted by atomic mass is 35.5. The lowest BCUT2D eigenvalue weighted by Crippen LogP contribution is -2.43. The molecule has 0 fully saturated rings. The molecule has 4 N–H and O–H groups in total. The third kappa shape index (κ3) is 4.39. The van der Waals surface area contributed by atoms with Crippen LogP contribution in [-0.2, 0) is 14.5 Å². The standard InChI is InChI=1S/C24H20Cl4N2O/c25-17-5-11-21(23(27,13-17)15-1-7-19(29)8-2-15)31-22-12-6-18(26)14-24(22,28)16-3-9-20(30)10-4-16/h1-14,21-22H,29-30H2. The van der Waals surface area contributed by atoms with Crippen molar-refractivity contribution in [3.63, 3.8) is 0 Å². The van der Waals surface area contributed by atoms with E-state index in [0.717, 1.165) is 11.1 Å². The maximum atomic E-state index is 7.12. The number of hydrogen-bond acceptors (Lipinski definition) is 3. The minimum absolute atomic E-state index is 0.518. The van der Waals surface area contributed by atoms with Crippen molar-refractivity contribution in [3.05, 3.63) is 106 Å². The Balaban J connectivity index is 1.71. The highest BCUT2D eigenvalue weighted by Crippen LogP contribution is 2.46. The van der Waals surface area contributed by atoms with Gasteiger partial charge in [0.15, 0.2) is 0 Å². The summed E-state index contributed by atoms with van der Waals surface area (Å²) in [4.78, 5) is -2.09. The molecule has 0 heterocycles. The number of ether oxygens (including phenoxy) is 1. The van der Waals surface area contributed by atoms with Gasteiger partial charge in [-0.15, -0.1) is 23.2 Å². The molecule has 0 radical (unpaired) electrons. The summed E-state index contributed by atoms with van der Waals surface area (Å²) in [5.41, 5.74) is 14.6. The predicted octanol–water partition coefficient (Wildman–Crippen LogP) is 6.56. The van der Waals surface area contributed by atoms with Crippen LogP contribution >= 0.6 is 46.4 Å². The zero-order valence-corrected chi connectivity index (χ0v) is 19.3. The van der Waals surface area contributed by atoms with E-state index in [1.165, 1.54) is 0 Å². The van der Waals surface area contributed by atoms with Crippen LogP contribution in [0.4, 0.5) is 11.4 Å². The Hall–Kier alpha value is -1.88. The van der Waals surface area contributed by atoms with Gasteiger partial charge in [0.1, 0.15) is 22.0 Å². The molecule has 0 bridgehead atoms. The van der Waals surface area contributed by atoms with Crippen molar-refractivity contribution in [1.29, 1.82) is 0 Å². The quantitative estimate of drug-likeness (QED) is 0.374. The Morgan fingerprint density at radius 2 is 1.00 bits per heavy atom. The molecule has 0 saturated heterocycles. The molecule has 4 unspecified atom stereocenters. The molecular weight excluding hydrogens is 474 g/mol. The van der Waals surface area contributed by atoms with E-state index in [1.807, 2.05) is 36.4 Å². The second-order valence-corrected chi connectivity index (χ2v) is 9.66. The summed E-state index contributed by atoms with van der Waals surface area (Å²) in [5, 5.41) is 1.04. The molecule has 2 aliphatic carbocycles. The number of rotatable bonds is 4. The normalized spacial score (nSPS) is 30.1. The van der Waals surface area contributed by atoms with Crippen molar-refractivity contribution in [2.45, 2.75) is 22.0 Å². The Labute approximate surface area is 201 Å². The zero-order valence-electron chi connectivity index (χ0n) is 16.3. The molecule has 0 spiro atoms. The van der Waals surface area contributed by atoms with Crippen molar-refractivity contribution in [3.8, 4) is 0 Å². The first-order valence-corrected chi connectivity index (χ1v) is 11.1. The average molecular weight is 494 g/mol. The van der Waals surface area contributed by atoms with Crippen molar-refractivity contribution < 1.29 is 4.74 Å². The number of hydrogen-bond donors (Lipinski definition) is 2. The summed E-state index contributed by atoms with van der Waals surface area (Å²) in [6.07, 6.45) is 9.59. The van der Waals surface area contributed by atoms with Crippen LogP contribution in [0.3, 0.4) is 0 Å². The van der Waals surface area contributed by atoms with Crippen molar-refractivity contribution in [2.75, 3.05) is 11.5 Å². The van der Waals surface area contributed by atoms with Crippen LogP contribution in [0.1, 0.15) is 11.1 Å². The fraction of sp³-hybridized carbons (Fsp3) is 0.167. The predicted molar refractivity (Wildman–Crippen MR) is 132 cm³/mol. The lowest BCUT2D eigenvalue weighted by atomic mass is 9.86. The van der Waals surface area contributed by atoms with E-state index in [9.17, 15) is 0 Å². The van der Waals surface area contributed by atoms with Gasteiger partial charge in [0.25, 0.3) is 0 Å². The van der Waals surface area contributed by atoms with Gasteiger partial charge in [0.05, 0.1) is 0 Å². The van der Waals surface area contributed by atoms with Gasteiger partial charge in [-0.05, 0) is 59.7 Å². The summed E-state index contributed by atoms with van der Waals surface area (Å²) in [6, 6.07) is 14.6. The number of alkyl halides is 2. The lowest BCUT2D eigenvalue weighted by molar-refractivity contribution is 0.00846. The first-order valence-electron chi connectivity index (χ1n) is 9.59. The third-order valence-corrected chi connectivity index (χ3v) is 6.94. The second kappa shape index (κ2) is 8.57. The summed E-state index contributed by atoms with van der Waals surface area (Å²) in [7, 11) is 0. The van der Waals surface area contributed by atoms with Crippen LogP contribution in [0.2, 0.25) is 0 Å². The maximum absolute atomic E-state index is 7.12. The Morgan fingerprint density at radius 1 is 0.645 bits per heavy atom. The molecule has 2 aliphatic rings. The van der Waals surface area contributed by atoms with Crippen molar-refractivity contribution >= 4 is 57.8 Å². The van der Waals surface area contributed by atoms with Gasteiger partial charge in [-0.1, -0.05) is 59.6 Å². The minimum atomic E-state index is -1.04. The number of nitrogen functional groups attached to an aromatic ring is 2. The highest BCUT2D eigenvalue weighted by Gasteiger charge is 2.45. The van der Waals surface area contributed by atoms with Gasteiger partial charge in [-0.25, -0.2) is 0 Å². The number of nitrogens with two attached hydrogens (primary N) is 2. The summed E-state index contributed by atoms with van der Waals surface area (Å²) in [5.74, 6) is 0. The molecule has 0 aliphatic heterocycles. The first kappa shape index (κ1) is 22.3.